The molecule has 1 aliphatic heterocycles. The number of nitro groups is 1. The van der Waals surface area contributed by atoms with Gasteiger partial charge in [-0.25, -0.2) is 4.39 Å². The first kappa shape index (κ1) is 18.2. The Morgan fingerprint density at radius 3 is 2.63 bits per heavy atom. The lowest BCUT2D eigenvalue weighted by molar-refractivity contribution is -0.385. The van der Waals surface area contributed by atoms with Gasteiger partial charge in [0.15, 0.2) is 0 Å². The average molecular weight is 371 g/mol. The van der Waals surface area contributed by atoms with Crippen molar-refractivity contribution in [3.63, 3.8) is 0 Å². The Kier molecular flexibility index (Phi) is 4.68. The topological polar surface area (TPSA) is 110 Å². The van der Waals surface area contributed by atoms with Gasteiger partial charge in [-0.2, -0.15) is 0 Å². The van der Waals surface area contributed by atoms with Crippen molar-refractivity contribution in [1.29, 1.82) is 0 Å². The highest BCUT2D eigenvalue weighted by atomic mass is 19.1. The van der Waals surface area contributed by atoms with Crippen LogP contribution in [0.4, 0.5) is 10.1 Å². The van der Waals surface area contributed by atoms with Crippen LogP contribution in [0.2, 0.25) is 0 Å². The van der Waals surface area contributed by atoms with E-state index in [0.29, 0.717) is 16.0 Å². The lowest BCUT2D eigenvalue weighted by Gasteiger charge is -2.13. The average Bonchev–Trinajstić information content (AvgIpc) is 2.87. The van der Waals surface area contributed by atoms with E-state index in [1.807, 2.05) is 0 Å². The number of aryl methyl sites for hydroxylation is 1. The van der Waals surface area contributed by atoms with Crippen molar-refractivity contribution in [2.75, 3.05) is 6.54 Å². The molecule has 0 atom stereocenters. The first-order valence-electron chi connectivity index (χ1n) is 7.95. The van der Waals surface area contributed by atoms with Crippen LogP contribution in [-0.2, 0) is 11.3 Å². The van der Waals surface area contributed by atoms with Gasteiger partial charge in [0.25, 0.3) is 17.5 Å². The summed E-state index contributed by atoms with van der Waals surface area (Å²) in [6.45, 7) is 1.11. The number of carbonyl (C=O) groups excluding carboxylic acids is 3. The molecule has 0 fully saturated rings. The zero-order valence-corrected chi connectivity index (χ0v) is 14.2. The van der Waals surface area contributed by atoms with Gasteiger partial charge in [0.2, 0.25) is 5.91 Å². The summed E-state index contributed by atoms with van der Waals surface area (Å²) in [4.78, 5) is 47.9. The van der Waals surface area contributed by atoms with Crippen molar-refractivity contribution in [2.45, 2.75) is 13.5 Å². The van der Waals surface area contributed by atoms with Crippen LogP contribution < -0.4 is 5.32 Å². The van der Waals surface area contributed by atoms with E-state index in [4.69, 9.17) is 0 Å². The summed E-state index contributed by atoms with van der Waals surface area (Å²) in [5.74, 6) is -2.62. The maximum Gasteiger partial charge on any atom is 0.282 e. The summed E-state index contributed by atoms with van der Waals surface area (Å²) >= 11 is 0. The molecule has 3 rings (SSSR count). The van der Waals surface area contributed by atoms with E-state index in [-0.39, 0.29) is 23.5 Å². The van der Waals surface area contributed by atoms with E-state index >= 15 is 0 Å². The molecule has 1 heterocycles. The van der Waals surface area contributed by atoms with Gasteiger partial charge < -0.3 is 5.32 Å². The zero-order chi connectivity index (χ0) is 19.7. The van der Waals surface area contributed by atoms with Crippen LogP contribution in [0, 0.1) is 22.9 Å². The summed E-state index contributed by atoms with van der Waals surface area (Å²) in [7, 11) is 0. The third-order valence-electron chi connectivity index (χ3n) is 4.19. The molecule has 2 aromatic rings. The van der Waals surface area contributed by atoms with Crippen molar-refractivity contribution >= 4 is 23.4 Å². The normalized spacial score (nSPS) is 12.9. The molecule has 138 valence electrons. The van der Waals surface area contributed by atoms with Crippen molar-refractivity contribution in [2.24, 2.45) is 0 Å². The van der Waals surface area contributed by atoms with Gasteiger partial charge in [-0.15, -0.1) is 0 Å². The second-order valence-electron chi connectivity index (χ2n) is 6.01. The largest absolute Gasteiger partial charge is 0.350 e. The van der Waals surface area contributed by atoms with Crippen LogP contribution in [-0.4, -0.2) is 34.1 Å². The van der Waals surface area contributed by atoms with Gasteiger partial charge in [0, 0.05) is 12.6 Å². The number of fused-ring (bicyclic) bond motifs is 1. The van der Waals surface area contributed by atoms with Gasteiger partial charge >= 0.3 is 0 Å². The Morgan fingerprint density at radius 1 is 1.22 bits per heavy atom. The summed E-state index contributed by atoms with van der Waals surface area (Å²) in [6.07, 6.45) is 0. The molecule has 0 radical (unpaired) electrons. The third-order valence-corrected chi connectivity index (χ3v) is 4.19. The van der Waals surface area contributed by atoms with Crippen molar-refractivity contribution in [3.8, 4) is 0 Å². The second-order valence-corrected chi connectivity index (χ2v) is 6.01. The summed E-state index contributed by atoms with van der Waals surface area (Å²) < 4.78 is 13.3. The van der Waals surface area contributed by atoms with Crippen LogP contribution >= 0.6 is 0 Å². The minimum Gasteiger partial charge on any atom is -0.350 e. The smallest absolute Gasteiger partial charge is 0.282 e. The molecule has 1 N–H and O–H groups in total. The highest BCUT2D eigenvalue weighted by molar-refractivity contribution is 6.24. The number of rotatable bonds is 5. The van der Waals surface area contributed by atoms with Gasteiger partial charge in [0.05, 0.1) is 10.5 Å². The van der Waals surface area contributed by atoms with Crippen LogP contribution in [0.15, 0.2) is 36.4 Å². The molecule has 8 nitrogen and oxygen atoms in total. The van der Waals surface area contributed by atoms with Crippen LogP contribution in [0.25, 0.3) is 0 Å². The van der Waals surface area contributed by atoms with Gasteiger partial charge in [-0.1, -0.05) is 18.2 Å². The summed E-state index contributed by atoms with van der Waals surface area (Å²) in [5.41, 5.74) is 0.191. The number of imide groups is 1. The number of nitrogens with one attached hydrogen (secondary N) is 1. The molecule has 0 saturated heterocycles. The number of hydrogen-bond acceptors (Lipinski definition) is 5. The molecule has 27 heavy (non-hydrogen) atoms. The van der Waals surface area contributed by atoms with E-state index in [1.54, 1.807) is 13.0 Å². The molecule has 0 bridgehead atoms. The molecule has 0 aromatic heterocycles. The number of nitro benzene ring substituents is 1. The van der Waals surface area contributed by atoms with Crippen molar-refractivity contribution < 1.29 is 23.7 Å². The SMILES string of the molecule is Cc1cc(CNC(=O)CN2C(=O)c3cccc([N+](=O)[O-])c3C2=O)ccc1F. The minimum atomic E-state index is -0.880. The van der Waals surface area contributed by atoms with Crippen molar-refractivity contribution in [3.05, 3.63) is 74.6 Å². The van der Waals surface area contributed by atoms with E-state index in [9.17, 15) is 28.9 Å². The predicted octanol–water partition coefficient (Wildman–Crippen LogP) is 1.95. The Labute approximate surface area is 152 Å². The fourth-order valence-corrected chi connectivity index (χ4v) is 2.83. The molecule has 0 unspecified atom stereocenters. The van der Waals surface area contributed by atoms with Crippen molar-refractivity contribution in [1.82, 2.24) is 10.2 Å². The van der Waals surface area contributed by atoms with E-state index in [0.717, 1.165) is 6.07 Å². The van der Waals surface area contributed by atoms with Gasteiger partial charge in [0.1, 0.15) is 17.9 Å². The standard InChI is InChI=1S/C18H14FN3O5/c1-10-7-11(5-6-13(10)19)8-20-15(23)9-21-17(24)12-3-2-4-14(22(26)27)16(12)18(21)25/h2-7H,8-9H2,1H3,(H,20,23). The van der Waals surface area contributed by atoms with E-state index in [2.05, 4.69) is 5.32 Å². The Morgan fingerprint density at radius 2 is 1.96 bits per heavy atom. The zero-order valence-electron chi connectivity index (χ0n) is 14.2. The first-order valence-corrected chi connectivity index (χ1v) is 7.95. The first-order chi connectivity index (χ1) is 12.8. The monoisotopic (exact) mass is 371 g/mol. The number of amides is 3. The highest BCUT2D eigenvalue weighted by Gasteiger charge is 2.41. The minimum absolute atomic E-state index is 0.0866. The molecule has 1 aliphatic rings. The molecule has 9 heteroatoms. The van der Waals surface area contributed by atoms with Gasteiger partial charge in [-0.3, -0.25) is 29.4 Å². The van der Waals surface area contributed by atoms with Crippen LogP contribution in [0.3, 0.4) is 0 Å². The number of benzene rings is 2. The third kappa shape index (κ3) is 3.39. The number of carbonyl (C=O) groups is 3. The Bertz CT molecular complexity index is 989. The molecule has 0 spiro atoms. The van der Waals surface area contributed by atoms with E-state index in [1.165, 1.54) is 24.3 Å². The molecular formula is C18H14FN3O5. The maximum absolute atomic E-state index is 13.3. The summed E-state index contributed by atoms with van der Waals surface area (Å²) in [6, 6.07) is 8.10. The fourth-order valence-electron chi connectivity index (χ4n) is 2.83. The fraction of sp³-hybridized carbons (Fsp3) is 0.167. The van der Waals surface area contributed by atoms with E-state index < -0.39 is 34.9 Å². The molecule has 2 aromatic carbocycles. The molecule has 0 saturated carbocycles. The molecule has 3 amide bonds. The van der Waals surface area contributed by atoms with Gasteiger partial charge in [-0.05, 0) is 30.2 Å². The summed E-state index contributed by atoms with van der Waals surface area (Å²) in [5, 5.41) is 13.6. The highest BCUT2D eigenvalue weighted by Crippen LogP contribution is 2.30. The molecular weight excluding hydrogens is 357 g/mol. The number of nitrogens with zero attached hydrogens (tertiary/aromatic N) is 2. The number of hydrogen-bond donors (Lipinski definition) is 1. The lowest BCUT2D eigenvalue weighted by atomic mass is 10.1. The maximum atomic E-state index is 13.3. The Hall–Kier alpha value is -3.62. The predicted molar refractivity (Wildman–Crippen MR) is 91.4 cm³/mol. The second kappa shape index (κ2) is 6.94. The Balaban J connectivity index is 1.70. The lowest BCUT2D eigenvalue weighted by Crippen LogP contribution is -2.40. The van der Waals surface area contributed by atoms with Crippen LogP contribution in [0.1, 0.15) is 31.8 Å². The molecule has 0 aliphatic carbocycles. The van der Waals surface area contributed by atoms with Crippen LogP contribution in [0.5, 0.6) is 0 Å². The quantitative estimate of drug-likeness (QED) is 0.491. The number of halogens is 1.